The first-order valence-corrected chi connectivity index (χ1v) is 9.24. The first kappa shape index (κ1) is 18.0. The molecule has 0 aliphatic heterocycles. The van der Waals surface area contributed by atoms with E-state index in [9.17, 15) is 9.59 Å². The van der Waals surface area contributed by atoms with Crippen LogP contribution in [0.5, 0.6) is 0 Å². The molecule has 3 aromatic carbocycles. The molecule has 2 amide bonds. The van der Waals surface area contributed by atoms with Gasteiger partial charge in [0.1, 0.15) is 0 Å². The predicted octanol–water partition coefficient (Wildman–Crippen LogP) is 4.92. The van der Waals surface area contributed by atoms with E-state index in [4.69, 9.17) is 0 Å². The third kappa shape index (κ3) is 4.43. The summed E-state index contributed by atoms with van der Waals surface area (Å²) in [5, 5.41) is 7.63. The van der Waals surface area contributed by atoms with E-state index in [1.807, 2.05) is 73.7 Å². The molecule has 0 aromatic heterocycles. The number of benzene rings is 3. The lowest BCUT2D eigenvalue weighted by Crippen LogP contribution is -2.22. The second-order valence-electron chi connectivity index (χ2n) is 5.98. The second-order valence-corrected chi connectivity index (χ2v) is 7.40. The van der Waals surface area contributed by atoms with Crippen LogP contribution in [0.25, 0.3) is 10.8 Å². The van der Waals surface area contributed by atoms with Crippen LogP contribution < -0.4 is 10.6 Å². The summed E-state index contributed by atoms with van der Waals surface area (Å²) in [7, 11) is 0. The van der Waals surface area contributed by atoms with Gasteiger partial charge < -0.3 is 10.6 Å². The molecule has 0 heterocycles. The highest BCUT2D eigenvalue weighted by Crippen LogP contribution is 2.27. The van der Waals surface area contributed by atoms with Gasteiger partial charge >= 0.3 is 0 Å². The van der Waals surface area contributed by atoms with E-state index >= 15 is 0 Å². The lowest BCUT2D eigenvalue weighted by molar-refractivity contribution is -0.115. The van der Waals surface area contributed by atoms with E-state index in [0.29, 0.717) is 0 Å². The summed E-state index contributed by atoms with van der Waals surface area (Å²) in [5.41, 5.74) is 1.57. The van der Waals surface area contributed by atoms with Gasteiger partial charge in [0.2, 0.25) is 11.8 Å². The highest BCUT2D eigenvalue weighted by molar-refractivity contribution is 8.00. The molecule has 0 spiro atoms. The fraction of sp³-hybridized carbons (Fsp3) is 0.143. The molecule has 3 rings (SSSR count). The number of rotatable bonds is 5. The van der Waals surface area contributed by atoms with Gasteiger partial charge in [0.15, 0.2) is 0 Å². The summed E-state index contributed by atoms with van der Waals surface area (Å²) in [6.45, 7) is 3.36. The molecule has 0 aliphatic carbocycles. The maximum Gasteiger partial charge on any atom is 0.237 e. The lowest BCUT2D eigenvalue weighted by Gasteiger charge is -2.14. The first-order valence-electron chi connectivity index (χ1n) is 8.36. The lowest BCUT2D eigenvalue weighted by atomic mass is 10.1. The van der Waals surface area contributed by atoms with Crippen LogP contribution in [-0.2, 0) is 9.59 Å². The molecular weight excluding hydrogens is 344 g/mol. The molecule has 0 saturated heterocycles. The zero-order valence-electron chi connectivity index (χ0n) is 14.7. The zero-order valence-corrected chi connectivity index (χ0v) is 15.5. The Bertz CT molecular complexity index is 933. The van der Waals surface area contributed by atoms with Crippen molar-refractivity contribution in [2.45, 2.75) is 24.0 Å². The minimum atomic E-state index is -0.249. The molecule has 5 heteroatoms. The summed E-state index contributed by atoms with van der Waals surface area (Å²) < 4.78 is 0. The third-order valence-corrected chi connectivity index (χ3v) is 5.02. The van der Waals surface area contributed by atoms with E-state index in [1.54, 1.807) is 0 Å². The summed E-state index contributed by atoms with van der Waals surface area (Å²) >= 11 is 1.48. The molecule has 0 aliphatic rings. The quantitative estimate of drug-likeness (QED) is 0.632. The largest absolute Gasteiger partial charge is 0.326 e. The summed E-state index contributed by atoms with van der Waals surface area (Å²) in [4.78, 5) is 24.6. The smallest absolute Gasteiger partial charge is 0.237 e. The zero-order chi connectivity index (χ0) is 18.5. The highest BCUT2D eigenvalue weighted by Gasteiger charge is 2.15. The van der Waals surface area contributed by atoms with E-state index in [0.717, 1.165) is 27.0 Å². The molecule has 4 nitrogen and oxygen atoms in total. The predicted molar refractivity (Wildman–Crippen MR) is 109 cm³/mol. The van der Waals surface area contributed by atoms with Crippen LogP contribution in [0.15, 0.2) is 71.6 Å². The molecule has 0 fully saturated rings. The van der Waals surface area contributed by atoms with Gasteiger partial charge in [0, 0.05) is 28.6 Å². The van der Waals surface area contributed by atoms with Crippen molar-refractivity contribution in [1.82, 2.24) is 0 Å². The van der Waals surface area contributed by atoms with Crippen molar-refractivity contribution in [2.24, 2.45) is 0 Å². The van der Waals surface area contributed by atoms with Gasteiger partial charge in [0.25, 0.3) is 0 Å². The van der Waals surface area contributed by atoms with Crippen LogP contribution in [-0.4, -0.2) is 17.1 Å². The van der Waals surface area contributed by atoms with Crippen molar-refractivity contribution < 1.29 is 9.59 Å². The van der Waals surface area contributed by atoms with Crippen LogP contribution in [0.3, 0.4) is 0 Å². The van der Waals surface area contributed by atoms with Crippen molar-refractivity contribution in [1.29, 1.82) is 0 Å². The summed E-state index contributed by atoms with van der Waals surface area (Å²) in [6, 6.07) is 21.3. The Kier molecular flexibility index (Phi) is 5.58. The SMILES string of the molecule is CC(=O)Nc1ccc(SC(C)C(=O)Nc2cccc3ccccc23)cc1. The molecule has 3 aromatic rings. The molecule has 132 valence electrons. The number of carbonyl (C=O) groups is 2. The monoisotopic (exact) mass is 364 g/mol. The Morgan fingerprint density at radius 1 is 0.885 bits per heavy atom. The van der Waals surface area contributed by atoms with Gasteiger partial charge in [-0.05, 0) is 42.6 Å². The van der Waals surface area contributed by atoms with E-state index in [1.165, 1.54) is 18.7 Å². The van der Waals surface area contributed by atoms with Crippen molar-refractivity contribution in [3.8, 4) is 0 Å². The highest BCUT2D eigenvalue weighted by atomic mass is 32.2. The van der Waals surface area contributed by atoms with Gasteiger partial charge in [-0.1, -0.05) is 36.4 Å². The summed E-state index contributed by atoms with van der Waals surface area (Å²) in [6.07, 6.45) is 0. The molecule has 0 radical (unpaired) electrons. The van der Waals surface area contributed by atoms with Crippen molar-refractivity contribution in [3.63, 3.8) is 0 Å². The number of fused-ring (bicyclic) bond motifs is 1. The molecule has 0 saturated carbocycles. The van der Waals surface area contributed by atoms with Gasteiger partial charge in [-0.2, -0.15) is 0 Å². The number of nitrogens with one attached hydrogen (secondary N) is 2. The molecule has 1 atom stereocenters. The topological polar surface area (TPSA) is 58.2 Å². The van der Waals surface area contributed by atoms with Crippen LogP contribution in [0.1, 0.15) is 13.8 Å². The van der Waals surface area contributed by atoms with Crippen molar-refractivity contribution >= 4 is 45.7 Å². The molecule has 1 unspecified atom stereocenters. The minimum absolute atomic E-state index is 0.0442. The Labute approximate surface area is 157 Å². The van der Waals surface area contributed by atoms with E-state index < -0.39 is 0 Å². The number of carbonyl (C=O) groups excluding carboxylic acids is 2. The second kappa shape index (κ2) is 8.06. The van der Waals surface area contributed by atoms with Crippen molar-refractivity contribution in [2.75, 3.05) is 10.6 Å². The Balaban J connectivity index is 1.67. The number of hydrogen-bond acceptors (Lipinski definition) is 3. The number of anilines is 2. The van der Waals surface area contributed by atoms with E-state index in [-0.39, 0.29) is 17.1 Å². The molecule has 2 N–H and O–H groups in total. The number of hydrogen-bond donors (Lipinski definition) is 2. The fourth-order valence-corrected chi connectivity index (χ4v) is 3.51. The van der Waals surface area contributed by atoms with Gasteiger partial charge in [-0.25, -0.2) is 0 Å². The fourth-order valence-electron chi connectivity index (χ4n) is 2.65. The maximum absolute atomic E-state index is 12.6. The molecular formula is C21H20N2O2S. The van der Waals surface area contributed by atoms with Crippen LogP contribution in [0.4, 0.5) is 11.4 Å². The molecule has 0 bridgehead atoms. The normalized spacial score (nSPS) is 11.8. The minimum Gasteiger partial charge on any atom is -0.326 e. The Morgan fingerprint density at radius 2 is 1.58 bits per heavy atom. The van der Waals surface area contributed by atoms with E-state index in [2.05, 4.69) is 10.6 Å². The third-order valence-electron chi connectivity index (χ3n) is 3.90. The van der Waals surface area contributed by atoms with Crippen LogP contribution >= 0.6 is 11.8 Å². The van der Waals surface area contributed by atoms with Gasteiger partial charge in [-0.3, -0.25) is 9.59 Å². The van der Waals surface area contributed by atoms with Gasteiger partial charge in [0.05, 0.1) is 5.25 Å². The van der Waals surface area contributed by atoms with Gasteiger partial charge in [-0.15, -0.1) is 11.8 Å². The standard InChI is InChI=1S/C21H20N2O2S/c1-14(26-18-12-10-17(11-13-18)22-15(2)24)21(25)23-20-9-5-7-16-6-3-4-8-19(16)20/h3-14H,1-2H3,(H,22,24)(H,23,25). The number of amides is 2. The molecule has 26 heavy (non-hydrogen) atoms. The average molecular weight is 364 g/mol. The maximum atomic E-state index is 12.6. The van der Waals surface area contributed by atoms with Crippen LogP contribution in [0, 0.1) is 0 Å². The number of thioether (sulfide) groups is 1. The Morgan fingerprint density at radius 3 is 2.31 bits per heavy atom. The first-order chi connectivity index (χ1) is 12.5. The van der Waals surface area contributed by atoms with Crippen molar-refractivity contribution in [3.05, 3.63) is 66.7 Å². The van der Waals surface area contributed by atoms with Crippen LogP contribution in [0.2, 0.25) is 0 Å². The Hall–Kier alpha value is -2.79. The summed E-state index contributed by atoms with van der Waals surface area (Å²) in [5.74, 6) is -0.148. The average Bonchev–Trinajstić information content (AvgIpc) is 2.63.